The molecule has 0 atom stereocenters. The highest BCUT2D eigenvalue weighted by Crippen LogP contribution is 2.41. The molecule has 7 heteroatoms. The zero-order chi connectivity index (χ0) is 17.9. The summed E-state index contributed by atoms with van der Waals surface area (Å²) in [5.41, 5.74) is 1.82. The minimum atomic E-state index is -0.0621. The molecule has 1 aliphatic rings. The van der Waals surface area contributed by atoms with Crippen molar-refractivity contribution in [1.29, 1.82) is 0 Å². The van der Waals surface area contributed by atoms with Crippen LogP contribution in [0.25, 0.3) is 5.69 Å². The van der Waals surface area contributed by atoms with Gasteiger partial charge in [-0.25, -0.2) is 0 Å². The highest BCUT2D eigenvalue weighted by Gasteiger charge is 2.31. The molecule has 4 rings (SSSR count). The zero-order valence-corrected chi connectivity index (χ0v) is 16.3. The van der Waals surface area contributed by atoms with Crippen molar-refractivity contribution in [2.24, 2.45) is 0 Å². The van der Waals surface area contributed by atoms with Gasteiger partial charge in [-0.2, -0.15) is 0 Å². The fourth-order valence-electron chi connectivity index (χ4n) is 2.66. The highest BCUT2D eigenvalue weighted by molar-refractivity contribution is 9.10. The van der Waals surface area contributed by atoms with Crippen LogP contribution in [0.4, 0.5) is 5.69 Å². The molecule has 1 aromatic heterocycles. The maximum atomic E-state index is 12.3. The minimum Gasteiger partial charge on any atom is -0.325 e. The van der Waals surface area contributed by atoms with Crippen LogP contribution in [0.2, 0.25) is 0 Å². The normalized spacial score (nSPS) is 13.6. The predicted octanol–water partition coefficient (Wildman–Crippen LogP) is 4.64. The maximum Gasteiger partial charge on any atom is 0.234 e. The zero-order valence-electron chi connectivity index (χ0n) is 13.9. The molecule has 0 radical (unpaired) electrons. The summed E-state index contributed by atoms with van der Waals surface area (Å²) in [4.78, 5) is 12.3. The molecule has 1 N–H and O–H groups in total. The number of carbonyl (C=O) groups excluding carboxylic acids is 1. The van der Waals surface area contributed by atoms with E-state index in [-0.39, 0.29) is 11.7 Å². The van der Waals surface area contributed by atoms with Crippen molar-refractivity contribution in [1.82, 2.24) is 14.8 Å². The van der Waals surface area contributed by atoms with Crippen LogP contribution in [0.15, 0.2) is 64.2 Å². The van der Waals surface area contributed by atoms with Crippen molar-refractivity contribution >= 4 is 39.3 Å². The Bertz CT molecular complexity index is 907. The van der Waals surface area contributed by atoms with Gasteiger partial charge in [0, 0.05) is 21.8 Å². The van der Waals surface area contributed by atoms with E-state index >= 15 is 0 Å². The number of nitrogens with one attached hydrogen (secondary N) is 1. The third-order valence-electron chi connectivity index (χ3n) is 4.08. The van der Waals surface area contributed by atoms with Crippen LogP contribution in [0, 0.1) is 0 Å². The fourth-order valence-corrected chi connectivity index (χ4v) is 3.68. The van der Waals surface area contributed by atoms with Crippen LogP contribution in [0.5, 0.6) is 0 Å². The first kappa shape index (κ1) is 17.3. The number of aromatic nitrogens is 3. The van der Waals surface area contributed by atoms with E-state index in [2.05, 4.69) is 36.0 Å². The lowest BCUT2D eigenvalue weighted by Gasteiger charge is -2.10. The molecule has 5 nitrogen and oxygen atoms in total. The van der Waals surface area contributed by atoms with Gasteiger partial charge in [-0.3, -0.25) is 9.36 Å². The Labute approximate surface area is 164 Å². The number of halogens is 1. The lowest BCUT2D eigenvalue weighted by Crippen LogP contribution is -2.14. The van der Waals surface area contributed by atoms with Crippen LogP contribution in [0.1, 0.15) is 24.6 Å². The molecule has 0 aliphatic heterocycles. The van der Waals surface area contributed by atoms with Gasteiger partial charge in [-0.05, 0) is 49.2 Å². The topological polar surface area (TPSA) is 59.8 Å². The first-order valence-electron chi connectivity index (χ1n) is 8.39. The van der Waals surface area contributed by atoms with Gasteiger partial charge in [0.15, 0.2) is 5.16 Å². The summed E-state index contributed by atoms with van der Waals surface area (Å²) in [6, 6.07) is 17.6. The van der Waals surface area contributed by atoms with Gasteiger partial charge >= 0.3 is 0 Å². The monoisotopic (exact) mass is 428 g/mol. The SMILES string of the molecule is O=C(CSc1nnc(C2CC2)n1-c1ccccc1)Nc1ccc(Br)cc1. The molecule has 3 aromatic rings. The van der Waals surface area contributed by atoms with E-state index in [4.69, 9.17) is 0 Å². The fraction of sp³-hybridized carbons (Fsp3) is 0.211. The molecule has 1 aliphatic carbocycles. The molecule has 2 aromatic carbocycles. The summed E-state index contributed by atoms with van der Waals surface area (Å²) in [6.45, 7) is 0. The lowest BCUT2D eigenvalue weighted by atomic mass is 10.3. The van der Waals surface area contributed by atoms with Gasteiger partial charge in [0.1, 0.15) is 5.82 Å². The Hall–Kier alpha value is -2.12. The van der Waals surface area contributed by atoms with E-state index in [1.807, 2.05) is 54.6 Å². The highest BCUT2D eigenvalue weighted by atomic mass is 79.9. The van der Waals surface area contributed by atoms with E-state index in [0.717, 1.165) is 39.7 Å². The van der Waals surface area contributed by atoms with E-state index in [0.29, 0.717) is 5.92 Å². The molecule has 0 saturated heterocycles. The average molecular weight is 429 g/mol. The molecule has 132 valence electrons. The summed E-state index contributed by atoms with van der Waals surface area (Å²) < 4.78 is 3.06. The molecule has 0 spiro atoms. The maximum absolute atomic E-state index is 12.3. The van der Waals surface area contributed by atoms with E-state index < -0.39 is 0 Å². The lowest BCUT2D eigenvalue weighted by molar-refractivity contribution is -0.113. The predicted molar refractivity (Wildman–Crippen MR) is 107 cm³/mol. The second kappa shape index (κ2) is 7.63. The number of rotatable bonds is 6. The Morgan fingerprint density at radius 2 is 1.85 bits per heavy atom. The van der Waals surface area contributed by atoms with E-state index in [9.17, 15) is 4.79 Å². The van der Waals surface area contributed by atoms with Crippen LogP contribution in [-0.2, 0) is 4.79 Å². The number of carbonyl (C=O) groups is 1. The van der Waals surface area contributed by atoms with Gasteiger partial charge in [-0.1, -0.05) is 45.9 Å². The van der Waals surface area contributed by atoms with Gasteiger partial charge in [0.05, 0.1) is 5.75 Å². The van der Waals surface area contributed by atoms with Gasteiger partial charge in [0.2, 0.25) is 5.91 Å². The van der Waals surface area contributed by atoms with Crippen molar-refractivity contribution in [2.75, 3.05) is 11.1 Å². The number of para-hydroxylation sites is 1. The standard InChI is InChI=1S/C19H17BrN4OS/c20-14-8-10-15(11-9-14)21-17(25)12-26-19-23-22-18(13-6-7-13)24(19)16-4-2-1-3-5-16/h1-5,8-11,13H,6-7,12H2,(H,21,25). The number of benzene rings is 2. The Balaban J connectivity index is 1.48. The van der Waals surface area contributed by atoms with Crippen molar-refractivity contribution in [3.63, 3.8) is 0 Å². The second-order valence-corrected chi connectivity index (χ2v) is 7.99. The molecule has 0 unspecified atom stereocenters. The third kappa shape index (κ3) is 3.99. The number of hydrogen-bond acceptors (Lipinski definition) is 4. The largest absolute Gasteiger partial charge is 0.325 e. The molecular weight excluding hydrogens is 412 g/mol. The molecule has 26 heavy (non-hydrogen) atoms. The Morgan fingerprint density at radius 3 is 2.54 bits per heavy atom. The summed E-state index contributed by atoms with van der Waals surface area (Å²) in [5, 5.41) is 12.4. The van der Waals surface area contributed by atoms with Crippen LogP contribution in [-0.4, -0.2) is 26.4 Å². The smallest absolute Gasteiger partial charge is 0.234 e. The van der Waals surface area contributed by atoms with Crippen molar-refractivity contribution in [2.45, 2.75) is 23.9 Å². The van der Waals surface area contributed by atoms with E-state index in [1.54, 1.807) is 0 Å². The van der Waals surface area contributed by atoms with Crippen LogP contribution in [0.3, 0.4) is 0 Å². The third-order valence-corrected chi connectivity index (χ3v) is 5.53. The van der Waals surface area contributed by atoms with Gasteiger partial charge in [0.25, 0.3) is 0 Å². The van der Waals surface area contributed by atoms with E-state index in [1.165, 1.54) is 11.8 Å². The second-order valence-electron chi connectivity index (χ2n) is 6.13. The summed E-state index contributed by atoms with van der Waals surface area (Å²) in [6.07, 6.45) is 2.30. The number of nitrogens with zero attached hydrogens (tertiary/aromatic N) is 3. The number of amides is 1. The first-order valence-corrected chi connectivity index (χ1v) is 10.2. The summed E-state index contributed by atoms with van der Waals surface area (Å²) in [5.74, 6) is 1.69. The average Bonchev–Trinajstić information content (AvgIpc) is 3.42. The molecule has 1 heterocycles. The summed E-state index contributed by atoms with van der Waals surface area (Å²) >= 11 is 4.79. The van der Waals surface area contributed by atoms with Crippen LogP contribution < -0.4 is 5.32 Å². The van der Waals surface area contributed by atoms with Crippen molar-refractivity contribution in [3.05, 3.63) is 64.9 Å². The Kier molecular flexibility index (Phi) is 5.08. The number of thioether (sulfide) groups is 1. The molecule has 1 fully saturated rings. The molecule has 1 saturated carbocycles. The number of hydrogen-bond donors (Lipinski definition) is 1. The number of anilines is 1. The Morgan fingerprint density at radius 1 is 1.12 bits per heavy atom. The van der Waals surface area contributed by atoms with Gasteiger partial charge < -0.3 is 5.32 Å². The van der Waals surface area contributed by atoms with Crippen LogP contribution >= 0.6 is 27.7 Å². The summed E-state index contributed by atoms with van der Waals surface area (Å²) in [7, 11) is 0. The first-order chi connectivity index (χ1) is 12.7. The molecule has 0 bridgehead atoms. The molecule has 1 amide bonds. The quantitative estimate of drug-likeness (QED) is 0.580. The minimum absolute atomic E-state index is 0.0621. The molecular formula is C19H17BrN4OS. The van der Waals surface area contributed by atoms with Gasteiger partial charge in [-0.15, -0.1) is 10.2 Å². The van der Waals surface area contributed by atoms with Crippen molar-refractivity contribution in [3.8, 4) is 5.69 Å². The van der Waals surface area contributed by atoms with Crippen molar-refractivity contribution < 1.29 is 4.79 Å².